The van der Waals surface area contributed by atoms with Gasteiger partial charge in [-0.3, -0.25) is 4.90 Å². The van der Waals surface area contributed by atoms with Crippen molar-refractivity contribution in [1.82, 2.24) is 9.88 Å². The molecule has 0 saturated carbocycles. The van der Waals surface area contributed by atoms with Gasteiger partial charge in [0.25, 0.3) is 0 Å². The summed E-state index contributed by atoms with van der Waals surface area (Å²) in [6.07, 6.45) is 0.0234. The van der Waals surface area contributed by atoms with Crippen LogP contribution in [0.3, 0.4) is 0 Å². The standard InChI is InChI=1S/C21H20N2O3S/c1-2-4-15(5-3-1)11-23-8-9-24-20(12-23)21-22-17(13-27-21)16-6-7-18-19(10-16)26-14-25-18/h1-7,10,13,20H,8-9,11-12,14H2. The van der Waals surface area contributed by atoms with Crippen molar-refractivity contribution in [2.75, 3.05) is 26.5 Å². The molecule has 1 unspecified atom stereocenters. The van der Waals surface area contributed by atoms with E-state index in [0.717, 1.165) is 54.0 Å². The third-order valence-corrected chi connectivity index (χ3v) is 5.80. The van der Waals surface area contributed by atoms with Gasteiger partial charge in [-0.1, -0.05) is 30.3 Å². The van der Waals surface area contributed by atoms with Gasteiger partial charge in [0.15, 0.2) is 11.5 Å². The van der Waals surface area contributed by atoms with Crippen molar-refractivity contribution >= 4 is 11.3 Å². The van der Waals surface area contributed by atoms with E-state index >= 15 is 0 Å². The quantitative estimate of drug-likeness (QED) is 0.681. The summed E-state index contributed by atoms with van der Waals surface area (Å²) in [6, 6.07) is 16.5. The van der Waals surface area contributed by atoms with E-state index in [1.807, 2.05) is 18.2 Å². The zero-order valence-corrected chi connectivity index (χ0v) is 15.7. The lowest BCUT2D eigenvalue weighted by atomic mass is 10.1. The molecule has 1 aromatic heterocycles. The zero-order valence-electron chi connectivity index (χ0n) is 14.8. The molecule has 1 saturated heterocycles. The molecule has 0 N–H and O–H groups in total. The minimum atomic E-state index is 0.0234. The van der Waals surface area contributed by atoms with Crippen LogP contribution in [0.1, 0.15) is 16.7 Å². The zero-order chi connectivity index (χ0) is 18.1. The highest BCUT2D eigenvalue weighted by Crippen LogP contribution is 2.37. The van der Waals surface area contributed by atoms with Gasteiger partial charge in [-0.15, -0.1) is 11.3 Å². The third-order valence-electron chi connectivity index (χ3n) is 4.87. The molecule has 0 bridgehead atoms. The summed E-state index contributed by atoms with van der Waals surface area (Å²) >= 11 is 1.66. The Morgan fingerprint density at radius 3 is 2.89 bits per heavy atom. The molecule has 2 aliphatic rings. The topological polar surface area (TPSA) is 43.8 Å². The highest BCUT2D eigenvalue weighted by atomic mass is 32.1. The molecule has 27 heavy (non-hydrogen) atoms. The fourth-order valence-electron chi connectivity index (χ4n) is 3.46. The lowest BCUT2D eigenvalue weighted by Crippen LogP contribution is -2.37. The third kappa shape index (κ3) is 3.56. The van der Waals surface area contributed by atoms with Gasteiger partial charge in [0.05, 0.1) is 12.3 Å². The summed E-state index contributed by atoms with van der Waals surface area (Å²) < 4.78 is 16.9. The number of rotatable bonds is 4. The first-order valence-corrected chi connectivity index (χ1v) is 9.96. The Kier molecular flexibility index (Phi) is 4.53. The average molecular weight is 380 g/mol. The highest BCUT2D eigenvalue weighted by molar-refractivity contribution is 7.10. The van der Waals surface area contributed by atoms with E-state index in [4.69, 9.17) is 19.2 Å². The summed E-state index contributed by atoms with van der Waals surface area (Å²) in [5.41, 5.74) is 3.33. The van der Waals surface area contributed by atoms with Gasteiger partial charge in [0.2, 0.25) is 6.79 Å². The Morgan fingerprint density at radius 2 is 1.96 bits per heavy atom. The van der Waals surface area contributed by atoms with Crippen LogP contribution in [0.15, 0.2) is 53.9 Å². The molecule has 2 aromatic carbocycles. The second kappa shape index (κ2) is 7.31. The summed E-state index contributed by atoms with van der Waals surface area (Å²) in [5.74, 6) is 1.58. The highest BCUT2D eigenvalue weighted by Gasteiger charge is 2.25. The van der Waals surface area contributed by atoms with Gasteiger partial charge in [0.1, 0.15) is 11.1 Å². The van der Waals surface area contributed by atoms with Crippen LogP contribution in [0.4, 0.5) is 0 Å². The van der Waals surface area contributed by atoms with E-state index < -0.39 is 0 Å². The number of hydrogen-bond acceptors (Lipinski definition) is 6. The first kappa shape index (κ1) is 16.7. The predicted molar refractivity (Wildman–Crippen MR) is 104 cm³/mol. The molecule has 3 aromatic rings. The van der Waals surface area contributed by atoms with Crippen molar-refractivity contribution < 1.29 is 14.2 Å². The summed E-state index contributed by atoms with van der Waals surface area (Å²) in [6.45, 7) is 3.78. The second-order valence-corrected chi connectivity index (χ2v) is 7.61. The van der Waals surface area contributed by atoms with Crippen molar-refractivity contribution in [3.63, 3.8) is 0 Å². The minimum absolute atomic E-state index is 0.0234. The second-order valence-electron chi connectivity index (χ2n) is 6.72. The van der Waals surface area contributed by atoms with Crippen LogP contribution in [0, 0.1) is 0 Å². The van der Waals surface area contributed by atoms with Gasteiger partial charge in [-0.2, -0.15) is 0 Å². The van der Waals surface area contributed by atoms with Crippen molar-refractivity contribution in [3.05, 3.63) is 64.5 Å². The Bertz CT molecular complexity index is 928. The molecule has 3 heterocycles. The number of fused-ring (bicyclic) bond motifs is 1. The largest absolute Gasteiger partial charge is 0.454 e. The van der Waals surface area contributed by atoms with Gasteiger partial charge in [0, 0.05) is 30.6 Å². The average Bonchev–Trinajstić information content (AvgIpc) is 3.38. The SMILES string of the molecule is c1ccc(CN2CCOC(c3nc(-c4ccc5c(c4)OCO5)cs3)C2)cc1. The maximum atomic E-state index is 6.02. The molecule has 5 nitrogen and oxygen atoms in total. The van der Waals surface area contributed by atoms with Gasteiger partial charge in [-0.25, -0.2) is 4.98 Å². The van der Waals surface area contributed by atoms with Gasteiger partial charge in [-0.05, 0) is 23.8 Å². The van der Waals surface area contributed by atoms with Gasteiger partial charge < -0.3 is 14.2 Å². The Morgan fingerprint density at radius 1 is 1.07 bits per heavy atom. The molecule has 138 valence electrons. The number of benzene rings is 2. The van der Waals surface area contributed by atoms with E-state index in [1.165, 1.54) is 5.56 Å². The number of aromatic nitrogens is 1. The van der Waals surface area contributed by atoms with E-state index in [-0.39, 0.29) is 12.9 Å². The number of thiazole rings is 1. The molecule has 0 radical (unpaired) electrons. The molecule has 2 aliphatic heterocycles. The van der Waals surface area contributed by atoms with Gasteiger partial charge >= 0.3 is 0 Å². The number of ether oxygens (including phenoxy) is 3. The Labute approximate surface area is 162 Å². The lowest BCUT2D eigenvalue weighted by molar-refractivity contribution is -0.0329. The summed E-state index contributed by atoms with van der Waals surface area (Å²) in [4.78, 5) is 7.28. The molecule has 0 amide bonds. The summed E-state index contributed by atoms with van der Waals surface area (Å²) in [5, 5.41) is 3.12. The summed E-state index contributed by atoms with van der Waals surface area (Å²) in [7, 11) is 0. The smallest absolute Gasteiger partial charge is 0.231 e. The molecule has 0 spiro atoms. The van der Waals surface area contributed by atoms with Crippen LogP contribution in [-0.2, 0) is 11.3 Å². The van der Waals surface area contributed by atoms with Crippen LogP contribution in [0.2, 0.25) is 0 Å². The van der Waals surface area contributed by atoms with Crippen LogP contribution in [0.5, 0.6) is 11.5 Å². The Hall–Kier alpha value is -2.41. The van der Waals surface area contributed by atoms with E-state index in [2.05, 4.69) is 40.6 Å². The number of hydrogen-bond donors (Lipinski definition) is 0. The monoisotopic (exact) mass is 380 g/mol. The molecule has 0 aliphatic carbocycles. The maximum absolute atomic E-state index is 6.02. The van der Waals surface area contributed by atoms with Crippen molar-refractivity contribution in [2.24, 2.45) is 0 Å². The molecule has 6 heteroatoms. The van der Waals surface area contributed by atoms with E-state index in [9.17, 15) is 0 Å². The molecule has 5 rings (SSSR count). The molecule has 1 atom stereocenters. The number of nitrogens with zero attached hydrogens (tertiary/aromatic N) is 2. The lowest BCUT2D eigenvalue weighted by Gasteiger charge is -2.32. The first-order valence-electron chi connectivity index (χ1n) is 9.08. The molecule has 1 fully saturated rings. The molecular formula is C21H20N2O3S. The van der Waals surface area contributed by atoms with Crippen LogP contribution < -0.4 is 9.47 Å². The molecular weight excluding hydrogens is 360 g/mol. The van der Waals surface area contributed by atoms with Crippen molar-refractivity contribution in [2.45, 2.75) is 12.6 Å². The normalized spacial score (nSPS) is 19.3. The fraction of sp³-hybridized carbons (Fsp3) is 0.286. The number of morpholine rings is 1. The van der Waals surface area contributed by atoms with Crippen LogP contribution in [-0.4, -0.2) is 36.4 Å². The first-order chi connectivity index (χ1) is 13.3. The van der Waals surface area contributed by atoms with E-state index in [0.29, 0.717) is 0 Å². The van der Waals surface area contributed by atoms with Crippen molar-refractivity contribution in [3.8, 4) is 22.8 Å². The maximum Gasteiger partial charge on any atom is 0.231 e. The predicted octanol–water partition coefficient (Wildman–Crippen LogP) is 4.11. The van der Waals surface area contributed by atoms with Crippen LogP contribution >= 0.6 is 11.3 Å². The fourth-order valence-corrected chi connectivity index (χ4v) is 4.33. The minimum Gasteiger partial charge on any atom is -0.454 e. The van der Waals surface area contributed by atoms with Crippen LogP contribution in [0.25, 0.3) is 11.3 Å². The van der Waals surface area contributed by atoms with E-state index in [1.54, 1.807) is 11.3 Å². The van der Waals surface area contributed by atoms with Crippen molar-refractivity contribution in [1.29, 1.82) is 0 Å². The Balaban J connectivity index is 1.30.